The van der Waals surface area contributed by atoms with Crippen LogP contribution in [0.25, 0.3) is 0 Å². The second-order valence-electron chi connectivity index (χ2n) is 3.59. The molecule has 0 amide bonds. The average Bonchev–Trinajstić information content (AvgIpc) is 2.42. The molecule has 0 aliphatic carbocycles. The summed E-state index contributed by atoms with van der Waals surface area (Å²) in [5.41, 5.74) is 0. The molecule has 0 unspecified atom stereocenters. The Kier molecular flexibility index (Phi) is 2.17. The van der Waals surface area contributed by atoms with Crippen LogP contribution in [0.15, 0.2) is 40.4 Å². The third kappa shape index (κ3) is 1.97. The smallest absolute Gasteiger partial charge is 0.376 e. The molecule has 0 radical (unpaired) electrons. The Morgan fingerprint density at radius 3 is 2.40 bits per heavy atom. The van der Waals surface area contributed by atoms with Crippen molar-refractivity contribution < 1.29 is 14.4 Å². The van der Waals surface area contributed by atoms with Crippen LogP contribution in [0.1, 0.15) is 0 Å². The number of benzene rings is 1. The fraction of sp³-hybridized carbons (Fsp3) is 0.200. The summed E-state index contributed by atoms with van der Waals surface area (Å²) >= 11 is 0. The van der Waals surface area contributed by atoms with Crippen LogP contribution in [-0.4, -0.2) is 30.7 Å². The van der Waals surface area contributed by atoms with E-state index in [1.54, 1.807) is 26.2 Å². The highest BCUT2D eigenvalue weighted by atomic mass is 16.5. The van der Waals surface area contributed by atoms with E-state index in [0.29, 0.717) is 5.75 Å². The van der Waals surface area contributed by atoms with Crippen molar-refractivity contribution in [2.24, 2.45) is 10.1 Å². The van der Waals surface area contributed by atoms with Gasteiger partial charge in [0.1, 0.15) is 5.75 Å². The van der Waals surface area contributed by atoms with Crippen LogP contribution in [0.2, 0.25) is 0 Å². The third-order valence-corrected chi connectivity index (χ3v) is 1.95. The molecule has 1 heterocycles. The van der Waals surface area contributed by atoms with Gasteiger partial charge in [-0.2, -0.15) is 4.59 Å². The highest BCUT2D eigenvalue weighted by Crippen LogP contribution is 2.13. The highest BCUT2D eigenvalue weighted by Gasteiger charge is 2.26. The molecule has 0 aromatic heterocycles. The fourth-order valence-corrected chi connectivity index (χ4v) is 1.12. The van der Waals surface area contributed by atoms with Crippen molar-refractivity contribution in [2.45, 2.75) is 0 Å². The maximum atomic E-state index is 11.3. The monoisotopic (exact) mass is 205 g/mol. The molecule has 5 nitrogen and oxygen atoms in total. The molecule has 78 valence electrons. The Balaban J connectivity index is 2.17. The minimum atomic E-state index is -0.332. The van der Waals surface area contributed by atoms with Crippen molar-refractivity contribution in [3.05, 3.63) is 30.3 Å². The summed E-state index contributed by atoms with van der Waals surface area (Å²) < 4.78 is 5.18. The van der Waals surface area contributed by atoms with Crippen LogP contribution in [0.5, 0.6) is 5.75 Å². The predicted octanol–water partition coefficient (Wildman–Crippen LogP) is 0.143. The first-order valence-electron chi connectivity index (χ1n) is 4.51. The van der Waals surface area contributed by atoms with Gasteiger partial charge < -0.3 is 9.84 Å². The number of nitrogens with zero attached hydrogens (tertiary/aromatic N) is 3. The Labute approximate surface area is 87.5 Å². The minimum Gasteiger partial charge on any atom is -0.813 e. The largest absolute Gasteiger partial charge is 0.813 e. The second kappa shape index (κ2) is 3.36. The molecule has 0 atom stereocenters. The molecule has 2 rings (SSSR count). The summed E-state index contributed by atoms with van der Waals surface area (Å²) in [5, 5.41) is 15.3. The van der Waals surface area contributed by atoms with E-state index in [2.05, 4.69) is 10.1 Å². The first kappa shape index (κ1) is 9.67. The van der Waals surface area contributed by atoms with E-state index >= 15 is 0 Å². The number of rotatable bonds is 1. The van der Waals surface area contributed by atoms with Crippen molar-refractivity contribution in [2.75, 3.05) is 14.1 Å². The van der Waals surface area contributed by atoms with Gasteiger partial charge in [0.05, 0.1) is 14.1 Å². The molecule has 15 heavy (non-hydrogen) atoms. The molecule has 0 saturated carbocycles. The van der Waals surface area contributed by atoms with E-state index in [9.17, 15) is 5.11 Å². The zero-order valence-electron chi connectivity index (χ0n) is 8.54. The lowest BCUT2D eigenvalue weighted by Gasteiger charge is -2.20. The minimum absolute atomic E-state index is 0.108. The Morgan fingerprint density at radius 1 is 1.20 bits per heavy atom. The number of amidine groups is 2. The van der Waals surface area contributed by atoms with E-state index in [1.807, 2.05) is 18.2 Å². The summed E-state index contributed by atoms with van der Waals surface area (Å²) in [5.74, 6) is 0.620. The summed E-state index contributed by atoms with van der Waals surface area (Å²) in [4.78, 5) is 3.70. The van der Waals surface area contributed by atoms with Gasteiger partial charge >= 0.3 is 6.02 Å². The average molecular weight is 205 g/mol. The number of aliphatic imine (C=N–C) groups is 1. The number of ether oxygens (including phenoxy) is 1. The molecule has 5 heteroatoms. The number of hydrogen-bond acceptors (Lipinski definition) is 4. The molecule has 1 aliphatic rings. The highest BCUT2D eigenvalue weighted by molar-refractivity contribution is 5.88. The maximum absolute atomic E-state index is 11.3. The summed E-state index contributed by atoms with van der Waals surface area (Å²) in [7, 11) is 3.29. The SMILES string of the molecule is C[N+]1(C)N=C(Oc2ccccc2)N=C1[O-]. The molecule has 0 spiro atoms. The van der Waals surface area contributed by atoms with Crippen LogP contribution < -0.4 is 9.84 Å². The van der Waals surface area contributed by atoms with Crippen molar-refractivity contribution in [1.29, 1.82) is 0 Å². The zero-order chi connectivity index (χ0) is 10.9. The molecular weight excluding hydrogens is 194 g/mol. The first-order chi connectivity index (χ1) is 7.08. The van der Waals surface area contributed by atoms with Gasteiger partial charge in [0.15, 0.2) is 0 Å². The molecule has 0 fully saturated rings. The van der Waals surface area contributed by atoms with E-state index in [1.165, 1.54) is 0 Å². The number of hydrogen-bond donors (Lipinski definition) is 0. The van der Waals surface area contributed by atoms with Gasteiger partial charge in [-0.1, -0.05) is 18.2 Å². The van der Waals surface area contributed by atoms with Crippen molar-refractivity contribution >= 4 is 12.0 Å². The maximum Gasteiger partial charge on any atom is 0.376 e. The summed E-state index contributed by atoms with van der Waals surface area (Å²) in [6.45, 7) is 0. The molecule has 0 N–H and O–H groups in total. The van der Waals surface area contributed by atoms with Crippen LogP contribution in [0.4, 0.5) is 0 Å². The van der Waals surface area contributed by atoms with Gasteiger partial charge in [-0.05, 0) is 17.2 Å². The Bertz CT molecular complexity index is 424. The normalized spacial score (nSPS) is 18.3. The van der Waals surface area contributed by atoms with Gasteiger partial charge in [0.25, 0.3) is 0 Å². The molecular formula is C10H11N3O2. The predicted molar refractivity (Wildman–Crippen MR) is 54.0 cm³/mol. The quantitative estimate of drug-likeness (QED) is 0.612. The van der Waals surface area contributed by atoms with Crippen LogP contribution >= 0.6 is 0 Å². The van der Waals surface area contributed by atoms with E-state index in [0.717, 1.165) is 0 Å². The van der Waals surface area contributed by atoms with E-state index in [-0.39, 0.29) is 16.6 Å². The van der Waals surface area contributed by atoms with Crippen molar-refractivity contribution in [1.82, 2.24) is 0 Å². The third-order valence-electron chi connectivity index (χ3n) is 1.95. The van der Waals surface area contributed by atoms with Gasteiger partial charge in [-0.3, -0.25) is 0 Å². The standard InChI is InChI=1S/C10H11N3O2/c1-13(2)10(14)11-9(12-13)15-8-6-4-3-5-7-8/h3-7H,1-2H3. The van der Waals surface area contributed by atoms with Crippen LogP contribution in [0, 0.1) is 0 Å². The van der Waals surface area contributed by atoms with Gasteiger partial charge in [-0.15, -0.1) is 4.99 Å². The molecule has 0 saturated heterocycles. The number of para-hydroxylation sites is 1. The molecule has 1 aromatic rings. The Morgan fingerprint density at radius 2 is 1.87 bits per heavy atom. The van der Waals surface area contributed by atoms with Crippen molar-refractivity contribution in [3.63, 3.8) is 0 Å². The van der Waals surface area contributed by atoms with Crippen molar-refractivity contribution in [3.8, 4) is 5.75 Å². The lowest BCUT2D eigenvalue weighted by atomic mass is 10.3. The lowest BCUT2D eigenvalue weighted by molar-refractivity contribution is -0.832. The summed E-state index contributed by atoms with van der Waals surface area (Å²) in [6, 6.07) is 8.89. The second-order valence-corrected chi connectivity index (χ2v) is 3.59. The van der Waals surface area contributed by atoms with Gasteiger partial charge in [0, 0.05) is 0 Å². The van der Waals surface area contributed by atoms with Crippen LogP contribution in [0.3, 0.4) is 0 Å². The number of quaternary nitrogens is 1. The van der Waals surface area contributed by atoms with Gasteiger partial charge in [0.2, 0.25) is 6.02 Å². The van der Waals surface area contributed by atoms with Crippen LogP contribution in [-0.2, 0) is 0 Å². The topological polar surface area (TPSA) is 57.0 Å². The lowest BCUT2D eigenvalue weighted by Crippen LogP contribution is -2.45. The summed E-state index contributed by atoms with van der Waals surface area (Å²) in [6.07, 6.45) is 0. The van der Waals surface area contributed by atoms with E-state index < -0.39 is 0 Å². The molecule has 1 aliphatic heterocycles. The van der Waals surface area contributed by atoms with E-state index in [4.69, 9.17) is 4.74 Å². The first-order valence-corrected chi connectivity index (χ1v) is 4.51. The zero-order valence-corrected chi connectivity index (χ0v) is 8.54. The molecule has 0 bridgehead atoms. The molecule has 1 aromatic carbocycles. The van der Waals surface area contributed by atoms with Gasteiger partial charge in [-0.25, -0.2) is 0 Å². The Hall–Kier alpha value is -1.88. The fourth-order valence-electron chi connectivity index (χ4n) is 1.12.